The van der Waals surface area contributed by atoms with E-state index in [1.807, 2.05) is 6.07 Å². The minimum absolute atomic E-state index is 0.0886. The summed E-state index contributed by atoms with van der Waals surface area (Å²) < 4.78 is 7.29. The minimum atomic E-state index is -0.250. The quantitative estimate of drug-likeness (QED) is 0.660. The van der Waals surface area contributed by atoms with E-state index in [1.165, 1.54) is 18.0 Å². The van der Waals surface area contributed by atoms with E-state index in [2.05, 4.69) is 20.9 Å². The van der Waals surface area contributed by atoms with Gasteiger partial charge in [0.1, 0.15) is 5.75 Å². The molecule has 0 spiro atoms. The zero-order valence-electron chi connectivity index (χ0n) is 12.3. The Morgan fingerprint density at radius 3 is 2.83 bits per heavy atom. The summed E-state index contributed by atoms with van der Waals surface area (Å²) in [5.74, 6) is 0.280. The van der Waals surface area contributed by atoms with Crippen LogP contribution in [0.25, 0.3) is 10.9 Å². The van der Waals surface area contributed by atoms with Crippen LogP contribution in [0.1, 0.15) is 10.4 Å². The minimum Gasteiger partial charge on any atom is -0.496 e. The van der Waals surface area contributed by atoms with Crippen LogP contribution in [-0.4, -0.2) is 22.4 Å². The SMILES string of the molecule is COc1ccccc1C(=O)Cn1cnc2ccc(Br)cc2c1=O. The largest absolute Gasteiger partial charge is 0.496 e. The van der Waals surface area contributed by atoms with Crippen LogP contribution < -0.4 is 10.3 Å². The van der Waals surface area contributed by atoms with Gasteiger partial charge in [0.25, 0.3) is 5.56 Å². The van der Waals surface area contributed by atoms with Gasteiger partial charge in [0.15, 0.2) is 5.78 Å². The number of benzene rings is 2. The molecule has 0 atom stereocenters. The van der Waals surface area contributed by atoms with E-state index >= 15 is 0 Å². The lowest BCUT2D eigenvalue weighted by molar-refractivity contribution is 0.0967. The van der Waals surface area contributed by atoms with Crippen molar-refractivity contribution in [3.8, 4) is 5.75 Å². The van der Waals surface area contributed by atoms with Crippen LogP contribution in [0.2, 0.25) is 0 Å². The van der Waals surface area contributed by atoms with Gasteiger partial charge in [-0.15, -0.1) is 0 Å². The van der Waals surface area contributed by atoms with E-state index in [1.54, 1.807) is 36.4 Å². The number of fused-ring (bicyclic) bond motifs is 1. The Morgan fingerprint density at radius 2 is 2.04 bits per heavy atom. The zero-order chi connectivity index (χ0) is 16.4. The number of hydrogen-bond acceptors (Lipinski definition) is 4. The highest BCUT2D eigenvalue weighted by Crippen LogP contribution is 2.19. The van der Waals surface area contributed by atoms with Crippen molar-refractivity contribution in [2.24, 2.45) is 0 Å². The molecule has 0 aliphatic heterocycles. The number of halogens is 1. The molecule has 0 N–H and O–H groups in total. The standard InChI is InChI=1S/C17H13BrN2O3/c1-23-16-5-3-2-4-12(16)15(21)9-20-10-19-14-7-6-11(18)8-13(14)17(20)22/h2-8,10H,9H2,1H3. The van der Waals surface area contributed by atoms with Crippen molar-refractivity contribution >= 4 is 32.6 Å². The van der Waals surface area contributed by atoms with Crippen LogP contribution in [0.15, 0.2) is 58.1 Å². The molecule has 23 heavy (non-hydrogen) atoms. The summed E-state index contributed by atoms with van der Waals surface area (Å²) in [6.45, 7) is -0.0886. The molecule has 0 radical (unpaired) electrons. The Balaban J connectivity index is 2.00. The molecule has 1 heterocycles. The van der Waals surface area contributed by atoms with Gasteiger partial charge in [0, 0.05) is 4.47 Å². The Bertz CT molecular complexity index is 950. The number of hydrogen-bond donors (Lipinski definition) is 0. The number of methoxy groups -OCH3 is 1. The van der Waals surface area contributed by atoms with Crippen molar-refractivity contribution in [1.29, 1.82) is 0 Å². The summed E-state index contributed by atoms with van der Waals surface area (Å²) in [5.41, 5.74) is 0.787. The first-order valence-corrected chi connectivity index (χ1v) is 7.70. The third-order valence-electron chi connectivity index (χ3n) is 3.51. The maximum absolute atomic E-state index is 12.5. The Labute approximate surface area is 140 Å². The topological polar surface area (TPSA) is 61.2 Å². The van der Waals surface area contributed by atoms with Crippen molar-refractivity contribution in [2.75, 3.05) is 7.11 Å². The van der Waals surface area contributed by atoms with E-state index in [4.69, 9.17) is 4.74 Å². The molecule has 0 unspecified atom stereocenters. The lowest BCUT2D eigenvalue weighted by atomic mass is 10.1. The fraction of sp³-hybridized carbons (Fsp3) is 0.118. The van der Waals surface area contributed by atoms with Gasteiger partial charge in [0.2, 0.25) is 0 Å². The first-order valence-electron chi connectivity index (χ1n) is 6.91. The first-order chi connectivity index (χ1) is 11.1. The van der Waals surface area contributed by atoms with Crippen molar-refractivity contribution in [2.45, 2.75) is 6.54 Å². The predicted octanol–water partition coefficient (Wildman–Crippen LogP) is 3.05. The summed E-state index contributed by atoms with van der Waals surface area (Å²) in [6, 6.07) is 12.2. The molecule has 116 valence electrons. The van der Waals surface area contributed by atoms with E-state index in [0.717, 1.165) is 4.47 Å². The molecule has 3 aromatic rings. The van der Waals surface area contributed by atoms with Gasteiger partial charge in [-0.25, -0.2) is 4.98 Å². The maximum atomic E-state index is 12.5. The van der Waals surface area contributed by atoms with Crippen molar-refractivity contribution in [1.82, 2.24) is 9.55 Å². The number of nitrogens with zero attached hydrogens (tertiary/aromatic N) is 2. The van der Waals surface area contributed by atoms with Crippen LogP contribution in [0.3, 0.4) is 0 Å². The van der Waals surface area contributed by atoms with Crippen LogP contribution in [0, 0.1) is 0 Å². The predicted molar refractivity (Wildman–Crippen MR) is 91.0 cm³/mol. The van der Waals surface area contributed by atoms with Crippen LogP contribution >= 0.6 is 15.9 Å². The van der Waals surface area contributed by atoms with Gasteiger partial charge >= 0.3 is 0 Å². The van der Waals surface area contributed by atoms with Gasteiger partial charge < -0.3 is 4.74 Å². The van der Waals surface area contributed by atoms with Crippen LogP contribution in [-0.2, 0) is 6.54 Å². The fourth-order valence-electron chi connectivity index (χ4n) is 2.36. The molecule has 6 heteroatoms. The number of Topliss-reactive ketones (excluding diaryl/α,β-unsaturated/α-hetero) is 1. The van der Waals surface area contributed by atoms with E-state index in [0.29, 0.717) is 22.2 Å². The Kier molecular flexibility index (Phi) is 4.25. The van der Waals surface area contributed by atoms with Gasteiger partial charge in [-0.3, -0.25) is 14.2 Å². The monoisotopic (exact) mass is 372 g/mol. The van der Waals surface area contributed by atoms with Crippen molar-refractivity contribution in [3.05, 3.63) is 69.2 Å². The molecular formula is C17H13BrN2O3. The molecule has 2 aromatic carbocycles. The number of rotatable bonds is 4. The van der Waals surface area contributed by atoms with Crippen molar-refractivity contribution < 1.29 is 9.53 Å². The average Bonchev–Trinajstić information content (AvgIpc) is 2.57. The van der Waals surface area contributed by atoms with E-state index < -0.39 is 0 Å². The molecule has 0 amide bonds. The number of para-hydroxylation sites is 1. The van der Waals surface area contributed by atoms with Gasteiger partial charge in [-0.05, 0) is 30.3 Å². The summed E-state index contributed by atoms with van der Waals surface area (Å²) >= 11 is 3.34. The van der Waals surface area contributed by atoms with E-state index in [9.17, 15) is 9.59 Å². The van der Waals surface area contributed by atoms with Gasteiger partial charge in [0.05, 0.1) is 36.4 Å². The molecule has 0 bridgehead atoms. The van der Waals surface area contributed by atoms with Crippen LogP contribution in [0.5, 0.6) is 5.75 Å². The zero-order valence-corrected chi connectivity index (χ0v) is 13.9. The number of ketones is 1. The molecule has 0 saturated carbocycles. The number of carbonyl (C=O) groups is 1. The molecule has 5 nitrogen and oxygen atoms in total. The fourth-order valence-corrected chi connectivity index (χ4v) is 2.72. The lowest BCUT2D eigenvalue weighted by Gasteiger charge is -2.09. The number of ether oxygens (including phenoxy) is 1. The average molecular weight is 373 g/mol. The molecule has 1 aromatic heterocycles. The highest BCUT2D eigenvalue weighted by Gasteiger charge is 2.14. The molecule has 0 aliphatic rings. The smallest absolute Gasteiger partial charge is 0.261 e. The summed E-state index contributed by atoms with van der Waals surface area (Å²) in [4.78, 5) is 29.2. The summed E-state index contributed by atoms with van der Waals surface area (Å²) in [7, 11) is 1.51. The lowest BCUT2D eigenvalue weighted by Crippen LogP contribution is -2.24. The third-order valence-corrected chi connectivity index (χ3v) is 4.00. The Hall–Kier alpha value is -2.47. The second kappa shape index (κ2) is 6.34. The van der Waals surface area contributed by atoms with Gasteiger partial charge in [-0.1, -0.05) is 28.1 Å². The molecule has 0 aliphatic carbocycles. The first kappa shape index (κ1) is 15.4. The highest BCUT2D eigenvalue weighted by molar-refractivity contribution is 9.10. The molecular weight excluding hydrogens is 360 g/mol. The molecule has 3 rings (SSSR count). The highest BCUT2D eigenvalue weighted by atomic mass is 79.9. The summed E-state index contributed by atoms with van der Waals surface area (Å²) in [6.07, 6.45) is 1.39. The Morgan fingerprint density at radius 1 is 1.26 bits per heavy atom. The second-order valence-corrected chi connectivity index (χ2v) is 5.88. The van der Waals surface area contributed by atoms with E-state index in [-0.39, 0.29) is 17.9 Å². The van der Waals surface area contributed by atoms with Crippen molar-refractivity contribution in [3.63, 3.8) is 0 Å². The maximum Gasteiger partial charge on any atom is 0.261 e. The van der Waals surface area contributed by atoms with Crippen LogP contribution in [0.4, 0.5) is 0 Å². The second-order valence-electron chi connectivity index (χ2n) is 4.96. The summed E-state index contributed by atoms with van der Waals surface area (Å²) in [5, 5.41) is 0.467. The normalized spacial score (nSPS) is 10.7. The molecule has 0 fully saturated rings. The van der Waals surface area contributed by atoms with Gasteiger partial charge in [-0.2, -0.15) is 0 Å². The molecule has 0 saturated heterocycles. The third kappa shape index (κ3) is 3.03. The number of aromatic nitrogens is 2. The number of carbonyl (C=O) groups excluding carboxylic acids is 1.